The van der Waals surface area contributed by atoms with Crippen LogP contribution in [0.3, 0.4) is 0 Å². The SMILES string of the molecule is C=CC(=O)Nc1cccc(Oc2cc(Nc3ccc(N4CCN(C)CC4)cc3OC)ncc2Cl)c1. The molecule has 0 aliphatic carbocycles. The van der Waals surface area contributed by atoms with Gasteiger partial charge >= 0.3 is 0 Å². The summed E-state index contributed by atoms with van der Waals surface area (Å²) < 4.78 is 11.6. The summed E-state index contributed by atoms with van der Waals surface area (Å²) in [5.74, 6) is 1.89. The Morgan fingerprint density at radius 1 is 1.11 bits per heavy atom. The number of hydrogen-bond donors (Lipinski definition) is 2. The molecule has 0 saturated carbocycles. The maximum Gasteiger partial charge on any atom is 0.247 e. The van der Waals surface area contributed by atoms with Gasteiger partial charge in [0, 0.05) is 55.8 Å². The highest BCUT2D eigenvalue weighted by Crippen LogP contribution is 2.35. The standard InChI is InChI=1S/C26H28ClN5O3/c1-4-26(33)29-18-6-5-7-20(14-18)35-23-16-25(28-17-21(23)27)30-22-9-8-19(15-24(22)34-3)32-12-10-31(2)11-13-32/h4-9,14-17H,1,10-13H2,2-3H3,(H,28,30)(H,29,33). The maximum atomic E-state index is 11.6. The topological polar surface area (TPSA) is 79.0 Å². The van der Waals surface area contributed by atoms with Gasteiger partial charge in [-0.3, -0.25) is 4.79 Å². The minimum absolute atomic E-state index is 0.303. The van der Waals surface area contributed by atoms with Crippen molar-refractivity contribution in [2.24, 2.45) is 0 Å². The van der Waals surface area contributed by atoms with Gasteiger partial charge in [-0.2, -0.15) is 0 Å². The van der Waals surface area contributed by atoms with Crippen molar-refractivity contribution in [2.75, 3.05) is 55.9 Å². The van der Waals surface area contributed by atoms with Crippen LogP contribution in [0.25, 0.3) is 0 Å². The molecule has 1 aromatic heterocycles. The number of likely N-dealkylation sites (N-methyl/N-ethyl adjacent to an activating group) is 1. The van der Waals surface area contributed by atoms with Crippen molar-refractivity contribution >= 4 is 40.4 Å². The second kappa shape index (κ2) is 11.1. The van der Waals surface area contributed by atoms with Crippen LogP contribution in [0, 0.1) is 0 Å². The van der Waals surface area contributed by atoms with E-state index < -0.39 is 0 Å². The molecule has 0 spiro atoms. The van der Waals surface area contributed by atoms with Crippen LogP contribution in [0.1, 0.15) is 0 Å². The summed E-state index contributed by atoms with van der Waals surface area (Å²) in [5.41, 5.74) is 2.48. The van der Waals surface area contributed by atoms with E-state index in [1.165, 1.54) is 12.3 Å². The van der Waals surface area contributed by atoms with Crippen molar-refractivity contribution in [3.63, 3.8) is 0 Å². The Bertz CT molecular complexity index is 1210. The minimum atomic E-state index is -0.303. The number of aromatic nitrogens is 1. The number of pyridine rings is 1. The van der Waals surface area contributed by atoms with E-state index >= 15 is 0 Å². The zero-order valence-electron chi connectivity index (χ0n) is 19.8. The lowest BCUT2D eigenvalue weighted by Crippen LogP contribution is -2.44. The molecule has 2 aromatic carbocycles. The number of nitrogens with zero attached hydrogens (tertiary/aromatic N) is 3. The Balaban J connectivity index is 1.50. The molecule has 0 bridgehead atoms. The second-order valence-corrected chi connectivity index (χ2v) is 8.53. The first-order chi connectivity index (χ1) is 16.9. The molecule has 182 valence electrons. The Morgan fingerprint density at radius 3 is 2.66 bits per heavy atom. The molecular weight excluding hydrogens is 466 g/mol. The molecule has 0 radical (unpaired) electrons. The number of methoxy groups -OCH3 is 1. The number of carbonyl (C=O) groups excluding carboxylic acids is 1. The van der Waals surface area contributed by atoms with Crippen LogP contribution >= 0.6 is 11.6 Å². The van der Waals surface area contributed by atoms with E-state index in [2.05, 4.69) is 45.1 Å². The van der Waals surface area contributed by atoms with E-state index in [4.69, 9.17) is 21.1 Å². The van der Waals surface area contributed by atoms with Crippen molar-refractivity contribution in [2.45, 2.75) is 0 Å². The molecule has 2 heterocycles. The number of piperazine rings is 1. The molecule has 2 N–H and O–H groups in total. The van der Waals surface area contributed by atoms with Crippen LogP contribution in [0.15, 0.2) is 67.4 Å². The van der Waals surface area contributed by atoms with Gasteiger partial charge in [-0.1, -0.05) is 24.2 Å². The molecule has 9 heteroatoms. The Hall–Kier alpha value is -3.75. The molecule has 4 rings (SSSR count). The second-order valence-electron chi connectivity index (χ2n) is 8.12. The van der Waals surface area contributed by atoms with E-state index in [0.29, 0.717) is 33.8 Å². The molecule has 1 aliphatic rings. The molecule has 0 unspecified atom stereocenters. The Kier molecular flexibility index (Phi) is 7.74. The molecule has 35 heavy (non-hydrogen) atoms. The number of benzene rings is 2. The largest absolute Gasteiger partial charge is 0.494 e. The van der Waals surface area contributed by atoms with Crippen molar-refractivity contribution in [3.05, 3.63) is 72.4 Å². The maximum absolute atomic E-state index is 11.6. The smallest absolute Gasteiger partial charge is 0.247 e. The molecule has 3 aromatic rings. The van der Waals surface area contributed by atoms with E-state index in [1.807, 2.05) is 12.1 Å². The predicted molar refractivity (Wildman–Crippen MR) is 141 cm³/mol. The van der Waals surface area contributed by atoms with Crippen LogP contribution in [0.5, 0.6) is 17.2 Å². The van der Waals surface area contributed by atoms with Gasteiger partial charge in [-0.15, -0.1) is 0 Å². The predicted octanol–water partition coefficient (Wildman–Crippen LogP) is 5.16. The van der Waals surface area contributed by atoms with Crippen LogP contribution in [-0.2, 0) is 4.79 Å². The summed E-state index contributed by atoms with van der Waals surface area (Å²) in [6.07, 6.45) is 2.73. The van der Waals surface area contributed by atoms with Crippen LogP contribution < -0.4 is 25.0 Å². The average molecular weight is 494 g/mol. The van der Waals surface area contributed by atoms with E-state index in [9.17, 15) is 4.79 Å². The Morgan fingerprint density at radius 2 is 1.91 bits per heavy atom. The lowest BCUT2D eigenvalue weighted by Gasteiger charge is -2.34. The first-order valence-corrected chi connectivity index (χ1v) is 11.6. The highest BCUT2D eigenvalue weighted by atomic mass is 35.5. The molecule has 1 saturated heterocycles. The number of amides is 1. The Labute approximate surface area is 210 Å². The third-order valence-electron chi connectivity index (χ3n) is 5.65. The fourth-order valence-electron chi connectivity index (χ4n) is 3.71. The normalized spacial score (nSPS) is 13.7. The quantitative estimate of drug-likeness (QED) is 0.420. The van der Waals surface area contributed by atoms with E-state index in [0.717, 1.165) is 37.6 Å². The highest BCUT2D eigenvalue weighted by molar-refractivity contribution is 6.32. The van der Waals surface area contributed by atoms with Gasteiger partial charge in [0.05, 0.1) is 19.0 Å². The molecule has 1 amide bonds. The molecule has 0 atom stereocenters. The van der Waals surface area contributed by atoms with Gasteiger partial charge < -0.3 is 29.9 Å². The van der Waals surface area contributed by atoms with Crippen molar-refractivity contribution in [1.29, 1.82) is 0 Å². The zero-order valence-corrected chi connectivity index (χ0v) is 20.5. The first kappa shape index (κ1) is 24.4. The number of carbonyl (C=O) groups is 1. The number of rotatable bonds is 8. The minimum Gasteiger partial charge on any atom is -0.494 e. The first-order valence-electron chi connectivity index (χ1n) is 11.2. The van der Waals surface area contributed by atoms with Gasteiger partial charge in [0.25, 0.3) is 0 Å². The number of ether oxygens (including phenoxy) is 2. The number of anilines is 4. The van der Waals surface area contributed by atoms with Gasteiger partial charge in [0.15, 0.2) is 5.75 Å². The van der Waals surface area contributed by atoms with Crippen LogP contribution in [0.4, 0.5) is 22.9 Å². The van der Waals surface area contributed by atoms with Gasteiger partial charge in [0.1, 0.15) is 22.3 Å². The summed E-state index contributed by atoms with van der Waals surface area (Å²) in [7, 11) is 3.79. The van der Waals surface area contributed by atoms with E-state index in [-0.39, 0.29) is 5.91 Å². The van der Waals surface area contributed by atoms with Crippen molar-refractivity contribution < 1.29 is 14.3 Å². The number of nitrogens with one attached hydrogen (secondary N) is 2. The third-order valence-corrected chi connectivity index (χ3v) is 5.94. The highest BCUT2D eigenvalue weighted by Gasteiger charge is 2.16. The average Bonchev–Trinajstić information content (AvgIpc) is 2.87. The van der Waals surface area contributed by atoms with Gasteiger partial charge in [0.2, 0.25) is 5.91 Å². The summed E-state index contributed by atoms with van der Waals surface area (Å²) in [6, 6.07) is 14.8. The number of halogens is 1. The van der Waals surface area contributed by atoms with Gasteiger partial charge in [-0.25, -0.2) is 4.98 Å². The lowest BCUT2D eigenvalue weighted by atomic mass is 10.2. The summed E-state index contributed by atoms with van der Waals surface area (Å²) in [4.78, 5) is 20.6. The molecule has 8 nitrogen and oxygen atoms in total. The number of hydrogen-bond acceptors (Lipinski definition) is 7. The molecule has 1 fully saturated rings. The summed E-state index contributed by atoms with van der Waals surface area (Å²) >= 11 is 6.34. The molecular formula is C26H28ClN5O3. The van der Waals surface area contributed by atoms with Crippen molar-refractivity contribution in [3.8, 4) is 17.2 Å². The fourth-order valence-corrected chi connectivity index (χ4v) is 3.85. The zero-order chi connectivity index (χ0) is 24.8. The van der Waals surface area contributed by atoms with Gasteiger partial charge in [-0.05, 0) is 37.4 Å². The lowest BCUT2D eigenvalue weighted by molar-refractivity contribution is -0.111. The van der Waals surface area contributed by atoms with E-state index in [1.54, 1.807) is 37.4 Å². The summed E-state index contributed by atoms with van der Waals surface area (Å²) in [5, 5.41) is 6.35. The molecule has 1 aliphatic heterocycles. The van der Waals surface area contributed by atoms with Crippen LogP contribution in [0.2, 0.25) is 5.02 Å². The monoisotopic (exact) mass is 493 g/mol. The fraction of sp³-hybridized carbons (Fsp3) is 0.231. The van der Waals surface area contributed by atoms with Crippen LogP contribution in [-0.4, -0.2) is 56.1 Å². The van der Waals surface area contributed by atoms with Crippen molar-refractivity contribution in [1.82, 2.24) is 9.88 Å². The summed E-state index contributed by atoms with van der Waals surface area (Å²) in [6.45, 7) is 7.47. The third kappa shape index (κ3) is 6.23.